The highest BCUT2D eigenvalue weighted by Gasteiger charge is 2.34. The number of esters is 1. The van der Waals surface area contributed by atoms with Crippen LogP contribution in [0, 0.1) is 17.8 Å². The average molecular weight is 658 g/mol. The number of hydrogen-bond donors (Lipinski definition) is 3. The van der Waals surface area contributed by atoms with Crippen LogP contribution in [0.5, 0.6) is 0 Å². The van der Waals surface area contributed by atoms with Gasteiger partial charge in [0, 0.05) is 25.9 Å². The van der Waals surface area contributed by atoms with Crippen LogP contribution in [-0.2, 0) is 25.5 Å². The van der Waals surface area contributed by atoms with Gasteiger partial charge in [0.05, 0.1) is 12.5 Å². The van der Waals surface area contributed by atoms with Gasteiger partial charge >= 0.3 is 18.0 Å². The van der Waals surface area contributed by atoms with Gasteiger partial charge in [-0.25, -0.2) is 9.59 Å². The number of nitrogens with zero attached hydrogens (tertiary/aromatic N) is 1. The van der Waals surface area contributed by atoms with Crippen molar-refractivity contribution < 1.29 is 29.0 Å². The highest BCUT2D eigenvalue weighted by atomic mass is 16.5. The summed E-state index contributed by atoms with van der Waals surface area (Å²) in [6, 6.07) is 25.6. The predicted molar refractivity (Wildman–Crippen MR) is 188 cm³/mol. The molecule has 3 aromatic rings. The van der Waals surface area contributed by atoms with Crippen molar-refractivity contribution in [3.63, 3.8) is 0 Å². The summed E-state index contributed by atoms with van der Waals surface area (Å²) in [6.45, 7) is 10.1. The third-order valence-corrected chi connectivity index (χ3v) is 8.15. The molecule has 3 aromatic carbocycles. The van der Waals surface area contributed by atoms with Crippen molar-refractivity contribution in [3.05, 3.63) is 96.1 Å². The number of aliphatic carboxylic acids is 1. The minimum atomic E-state index is -1.24. The molecule has 0 bridgehead atoms. The van der Waals surface area contributed by atoms with Crippen molar-refractivity contribution in [3.8, 4) is 11.1 Å². The van der Waals surface area contributed by atoms with Gasteiger partial charge in [-0.3, -0.25) is 9.59 Å². The lowest BCUT2D eigenvalue weighted by Crippen LogP contribution is -2.53. The topological polar surface area (TPSA) is 125 Å². The lowest BCUT2D eigenvalue weighted by Gasteiger charge is -2.32. The van der Waals surface area contributed by atoms with Gasteiger partial charge in [0.25, 0.3) is 0 Å². The van der Waals surface area contributed by atoms with Crippen molar-refractivity contribution in [2.45, 2.75) is 65.8 Å². The Morgan fingerprint density at radius 2 is 1.38 bits per heavy atom. The fourth-order valence-electron chi connectivity index (χ4n) is 5.67. The van der Waals surface area contributed by atoms with E-state index in [4.69, 9.17) is 4.74 Å². The summed E-state index contributed by atoms with van der Waals surface area (Å²) in [4.78, 5) is 52.9. The average Bonchev–Trinajstić information content (AvgIpc) is 3.06. The first-order valence-electron chi connectivity index (χ1n) is 16.8. The van der Waals surface area contributed by atoms with Gasteiger partial charge in [-0.2, -0.15) is 0 Å². The van der Waals surface area contributed by atoms with Gasteiger partial charge < -0.3 is 25.4 Å². The molecular weight excluding hydrogens is 606 g/mol. The van der Waals surface area contributed by atoms with Crippen LogP contribution in [0.4, 0.5) is 4.79 Å². The maximum atomic E-state index is 14.0. The molecule has 0 saturated heterocycles. The zero-order valence-corrected chi connectivity index (χ0v) is 28.9. The number of rotatable bonds is 18. The van der Waals surface area contributed by atoms with Gasteiger partial charge in [-0.1, -0.05) is 119 Å². The molecule has 1 unspecified atom stereocenters. The van der Waals surface area contributed by atoms with E-state index in [0.717, 1.165) is 28.7 Å². The van der Waals surface area contributed by atoms with Crippen LogP contribution in [0.15, 0.2) is 84.9 Å². The lowest BCUT2D eigenvalue weighted by molar-refractivity contribution is -0.149. The standard InChI is InChI=1S/C39H51N3O6/c1-27(2)16-17-34(38(46)48-23-22-40-29(5)43)26-42(25-28(3)4)39(47)41-36(37(44)45)35(24-30-12-8-6-9-13-30)33-20-18-32(19-21-33)31-14-10-7-11-15-31/h6-15,18-21,27-28,34-36H,16-17,22-26H2,1-5H3,(H,40,43)(H,41,47)(H,44,45)/t34-,35?,36-/m0/s1. The predicted octanol–water partition coefficient (Wildman–Crippen LogP) is 6.53. The van der Waals surface area contributed by atoms with Crippen molar-refractivity contribution >= 4 is 23.9 Å². The second-order valence-corrected chi connectivity index (χ2v) is 13.2. The Labute approximate surface area is 285 Å². The zero-order valence-electron chi connectivity index (χ0n) is 28.9. The maximum Gasteiger partial charge on any atom is 0.326 e. The number of urea groups is 1. The molecule has 3 atom stereocenters. The Bertz CT molecular complexity index is 1440. The Hall–Kier alpha value is -4.66. The van der Waals surface area contributed by atoms with Gasteiger partial charge in [0.15, 0.2) is 0 Å². The Kier molecular flexibility index (Phi) is 15.1. The van der Waals surface area contributed by atoms with Crippen LogP contribution in [0.25, 0.3) is 11.1 Å². The third kappa shape index (κ3) is 12.5. The molecule has 3 rings (SSSR count). The molecule has 0 aliphatic rings. The molecule has 3 N–H and O–H groups in total. The molecule has 0 aliphatic carbocycles. The van der Waals surface area contributed by atoms with Crippen LogP contribution in [-0.4, -0.2) is 66.2 Å². The van der Waals surface area contributed by atoms with E-state index in [1.54, 1.807) is 4.90 Å². The summed E-state index contributed by atoms with van der Waals surface area (Å²) in [5, 5.41) is 16.0. The Balaban J connectivity index is 1.89. The number of carboxylic acid groups (broad SMARTS) is 1. The van der Waals surface area contributed by atoms with E-state index in [9.17, 15) is 24.3 Å². The van der Waals surface area contributed by atoms with Crippen LogP contribution in [0.2, 0.25) is 0 Å². The van der Waals surface area contributed by atoms with E-state index in [1.165, 1.54) is 6.92 Å². The summed E-state index contributed by atoms with van der Waals surface area (Å²) in [5.41, 5.74) is 3.80. The van der Waals surface area contributed by atoms with Gasteiger partial charge in [0.2, 0.25) is 5.91 Å². The van der Waals surface area contributed by atoms with Crippen LogP contribution < -0.4 is 10.6 Å². The van der Waals surface area contributed by atoms with E-state index in [0.29, 0.717) is 25.3 Å². The van der Waals surface area contributed by atoms with Crippen molar-refractivity contribution in [2.75, 3.05) is 26.2 Å². The van der Waals surface area contributed by atoms with E-state index in [2.05, 4.69) is 24.5 Å². The molecule has 48 heavy (non-hydrogen) atoms. The van der Waals surface area contributed by atoms with E-state index < -0.39 is 35.8 Å². The summed E-state index contributed by atoms with van der Waals surface area (Å²) >= 11 is 0. The highest BCUT2D eigenvalue weighted by Crippen LogP contribution is 2.29. The molecule has 0 radical (unpaired) electrons. The van der Waals surface area contributed by atoms with Gasteiger partial charge in [-0.05, 0) is 46.9 Å². The largest absolute Gasteiger partial charge is 0.480 e. The number of carbonyl (C=O) groups is 4. The minimum Gasteiger partial charge on any atom is -0.480 e. The molecule has 3 amide bonds. The second kappa shape index (κ2) is 19.2. The number of amides is 3. The molecule has 9 nitrogen and oxygen atoms in total. The van der Waals surface area contributed by atoms with Gasteiger partial charge in [-0.15, -0.1) is 0 Å². The van der Waals surface area contributed by atoms with E-state index in [-0.39, 0.29) is 31.5 Å². The molecule has 9 heteroatoms. The summed E-state index contributed by atoms with van der Waals surface area (Å²) < 4.78 is 5.49. The Morgan fingerprint density at radius 1 is 0.771 bits per heavy atom. The molecule has 258 valence electrons. The summed E-state index contributed by atoms with van der Waals surface area (Å²) in [6.07, 6.45) is 1.65. The van der Waals surface area contributed by atoms with E-state index in [1.807, 2.05) is 98.8 Å². The number of carboxylic acids is 1. The van der Waals surface area contributed by atoms with Crippen LogP contribution >= 0.6 is 0 Å². The number of ether oxygens (including phenoxy) is 1. The molecule has 0 heterocycles. The molecule has 0 fully saturated rings. The Morgan fingerprint density at radius 3 is 1.94 bits per heavy atom. The van der Waals surface area contributed by atoms with E-state index >= 15 is 0 Å². The molecule has 0 spiro atoms. The first-order valence-corrected chi connectivity index (χ1v) is 16.8. The maximum absolute atomic E-state index is 14.0. The van der Waals surface area contributed by atoms with Crippen molar-refractivity contribution in [1.82, 2.24) is 15.5 Å². The molecule has 0 aliphatic heterocycles. The third-order valence-electron chi connectivity index (χ3n) is 8.15. The number of benzene rings is 3. The first-order chi connectivity index (χ1) is 22.9. The SMILES string of the molecule is CC(=O)NCCOC(=O)[C@@H](CCC(C)C)CN(CC(C)C)C(=O)N[C@H](C(=O)O)C(Cc1ccccc1)c1ccc(-c2ccccc2)cc1. The summed E-state index contributed by atoms with van der Waals surface area (Å²) in [7, 11) is 0. The van der Waals surface area contributed by atoms with Crippen LogP contribution in [0.1, 0.15) is 64.5 Å². The quantitative estimate of drug-likeness (QED) is 0.106. The number of nitrogens with one attached hydrogen (secondary N) is 2. The molecule has 0 aromatic heterocycles. The first kappa shape index (κ1) is 37.8. The van der Waals surface area contributed by atoms with Crippen molar-refractivity contribution in [1.29, 1.82) is 0 Å². The normalized spacial score (nSPS) is 13.0. The number of hydrogen-bond acceptors (Lipinski definition) is 5. The number of carbonyl (C=O) groups excluding carboxylic acids is 3. The van der Waals surface area contributed by atoms with Crippen LogP contribution in [0.3, 0.4) is 0 Å². The fourth-order valence-corrected chi connectivity index (χ4v) is 5.67. The molecule has 0 saturated carbocycles. The molecular formula is C39H51N3O6. The van der Waals surface area contributed by atoms with Gasteiger partial charge in [0.1, 0.15) is 12.6 Å². The fraction of sp³-hybridized carbons (Fsp3) is 0.436. The monoisotopic (exact) mass is 657 g/mol. The van der Waals surface area contributed by atoms with Crippen molar-refractivity contribution in [2.24, 2.45) is 17.8 Å². The smallest absolute Gasteiger partial charge is 0.326 e. The second-order valence-electron chi connectivity index (χ2n) is 13.2. The minimum absolute atomic E-state index is 0.0261. The highest BCUT2D eigenvalue weighted by molar-refractivity contribution is 5.84. The zero-order chi connectivity index (χ0) is 35.1. The summed E-state index contributed by atoms with van der Waals surface area (Å²) in [5.74, 6) is -2.60. The lowest BCUT2D eigenvalue weighted by atomic mass is 9.85.